The van der Waals surface area contributed by atoms with Gasteiger partial charge in [0.1, 0.15) is 0 Å². The van der Waals surface area contributed by atoms with Crippen molar-refractivity contribution in [3.8, 4) is 0 Å². The van der Waals surface area contributed by atoms with Crippen LogP contribution in [0.3, 0.4) is 0 Å². The summed E-state index contributed by atoms with van der Waals surface area (Å²) >= 11 is -12.0. The van der Waals surface area contributed by atoms with Crippen LogP contribution < -0.4 is 146 Å². The Morgan fingerprint density at radius 3 is 0.429 bits per heavy atom. The Labute approximate surface area is 159 Å². The molecule has 1 radical (unpaired) electrons. The van der Waals surface area contributed by atoms with Gasteiger partial charge in [-0.15, -0.1) is 0 Å². The van der Waals surface area contributed by atoms with Crippen LogP contribution in [0.25, 0.3) is 0 Å². The minimum atomic E-state index is -4.01. The van der Waals surface area contributed by atoms with E-state index in [9.17, 15) is 0 Å². The van der Waals surface area contributed by atoms with E-state index in [2.05, 4.69) is 0 Å². The maximum Gasteiger partial charge on any atom is 2.00 e. The maximum atomic E-state index is 8.57. The predicted molar refractivity (Wildman–Crippen MR) is 0 cm³/mol. The Morgan fingerprint density at radius 1 is 0.429 bits per heavy atom. The second-order valence-electron chi connectivity index (χ2n) is 0.567. The molecule has 0 fully saturated rings. The minimum absolute atomic E-state index is 0. The molecular weight excluding hydrogens is 627 g/mol. The van der Waals surface area contributed by atoms with Gasteiger partial charge in [-0.1, -0.05) is 0 Å². The summed E-state index contributed by atoms with van der Waals surface area (Å²) in [7, 11) is 0. The summed E-state index contributed by atoms with van der Waals surface area (Å²) < 4.78 is 77.2. The summed E-state index contributed by atoms with van der Waals surface area (Å²) in [5, 5.41) is 0. The zero-order valence-corrected chi connectivity index (χ0v) is 16.6. The molecule has 0 atom stereocenters. The van der Waals surface area contributed by atoms with Crippen LogP contribution in [0.2, 0.25) is 0 Å². The molecule has 0 saturated carbocycles. The molecule has 0 rings (SSSR count). The third-order valence-electron chi connectivity index (χ3n) is 0. The fourth-order valence-corrected chi connectivity index (χ4v) is 0. The van der Waals surface area contributed by atoms with Crippen molar-refractivity contribution < 1.29 is 163 Å². The molecule has 0 aliphatic rings. The normalized spacial score (nSPS) is 7.71. The van der Waals surface area contributed by atoms with Gasteiger partial charge in [-0.25, -0.2) is 0 Å². The molecule has 0 aliphatic carbocycles. The molecule has 0 unspecified atom stereocenters. The molecule has 0 aromatic rings. The van der Waals surface area contributed by atoms with Gasteiger partial charge in [0.15, 0.2) is 0 Å². The number of rotatable bonds is 0. The first-order chi connectivity index (χ1) is 5.20. The molecule has 0 aromatic heterocycles. The smallest absolute Gasteiger partial charge is 0.427 e. The van der Waals surface area contributed by atoms with Gasteiger partial charge < -0.3 is 30.9 Å². The Kier molecular flexibility index (Phi) is 56.6. The van der Waals surface area contributed by atoms with Crippen LogP contribution in [0.1, 0.15) is 0 Å². The van der Waals surface area contributed by atoms with E-state index in [-0.39, 0.29) is 68.5 Å². The summed E-state index contributed by atoms with van der Waals surface area (Å²) in [5.74, 6) is 0. The zero-order chi connectivity index (χ0) is 10.7. The van der Waals surface area contributed by atoms with Crippen molar-refractivity contribution in [2.24, 2.45) is 0 Å². The van der Waals surface area contributed by atoms with Crippen LogP contribution in [0.4, 0.5) is 0 Å². The molecule has 0 saturated heterocycles. The third kappa shape index (κ3) is 226. The number of halogens is 3. The summed E-state index contributed by atoms with van der Waals surface area (Å²) in [5.41, 5.74) is 0. The average molecular weight is 627 g/mol. The van der Waals surface area contributed by atoms with E-state index in [0.717, 1.165) is 0 Å². The van der Waals surface area contributed by atoms with Crippen LogP contribution >= 0.6 is 0 Å². The second-order valence-corrected chi connectivity index (χ2v) is 3.80. The van der Waals surface area contributed by atoms with Crippen LogP contribution in [-0.4, -0.2) is 0 Å². The standard InChI is InChI=1S/Cu.3IO3.K/c;3*2-1(3)4;/q+2;3*-1;+1. The second kappa shape index (κ2) is 25.7. The van der Waals surface area contributed by atoms with E-state index < -0.39 is 63.2 Å². The van der Waals surface area contributed by atoms with Crippen LogP contribution in [-0.2, 0) is 17.1 Å². The molecule has 0 amide bonds. The van der Waals surface area contributed by atoms with Gasteiger partial charge in [0.25, 0.3) is 63.2 Å². The van der Waals surface area contributed by atoms with Crippen molar-refractivity contribution in [2.75, 3.05) is 0 Å². The SMILES string of the molecule is [Cu+2].[K+].[O-][I+2]([O-])[O-].[O-][I+2]([O-])[O-].[O-][I+2]([O-])[O-]. The molecule has 0 heterocycles. The monoisotopic (exact) mass is 627 g/mol. The van der Waals surface area contributed by atoms with Gasteiger partial charge in [0.05, 0.1) is 0 Å². The fourth-order valence-electron chi connectivity index (χ4n) is 0. The molecule has 14 heavy (non-hydrogen) atoms. The van der Waals surface area contributed by atoms with Crippen LogP contribution in [0, 0.1) is 0 Å². The van der Waals surface area contributed by atoms with Crippen LogP contribution in [0.5, 0.6) is 0 Å². The molecule has 0 N–H and O–H groups in total. The predicted octanol–water partition coefficient (Wildman–Crippen LogP) is -22.7. The largest absolute Gasteiger partial charge is 2.00 e. The summed E-state index contributed by atoms with van der Waals surface area (Å²) in [6.07, 6.45) is 0. The van der Waals surface area contributed by atoms with Crippen molar-refractivity contribution in [1.29, 1.82) is 0 Å². The van der Waals surface area contributed by atoms with Crippen molar-refractivity contribution in [1.82, 2.24) is 0 Å². The topological polar surface area (TPSA) is 208 Å². The maximum absolute atomic E-state index is 8.57. The Bertz CT molecular complexity index is 48.5. The first kappa shape index (κ1) is 30.8. The van der Waals surface area contributed by atoms with Crippen molar-refractivity contribution >= 4 is 0 Å². The Morgan fingerprint density at radius 2 is 0.429 bits per heavy atom. The van der Waals surface area contributed by atoms with Gasteiger partial charge in [-0.3, -0.25) is 0 Å². The molecule has 0 aromatic carbocycles. The minimum Gasteiger partial charge on any atom is -0.427 e. The third-order valence-corrected chi connectivity index (χ3v) is 0. The Balaban J connectivity index is -0.0000000270. The average Bonchev–Trinajstić information content (AvgIpc) is 1.54. The van der Waals surface area contributed by atoms with E-state index in [1.807, 2.05) is 0 Å². The summed E-state index contributed by atoms with van der Waals surface area (Å²) in [4.78, 5) is 0. The van der Waals surface area contributed by atoms with E-state index in [1.165, 1.54) is 0 Å². The van der Waals surface area contributed by atoms with Crippen molar-refractivity contribution in [3.05, 3.63) is 0 Å². The summed E-state index contributed by atoms with van der Waals surface area (Å²) in [6, 6.07) is 0. The number of hydrogen-bond acceptors (Lipinski definition) is 9. The van der Waals surface area contributed by atoms with Crippen LogP contribution in [0.15, 0.2) is 0 Å². The van der Waals surface area contributed by atoms with Crippen molar-refractivity contribution in [3.63, 3.8) is 0 Å². The molecule has 0 spiro atoms. The van der Waals surface area contributed by atoms with Gasteiger partial charge in [-0.2, -0.15) is 0 Å². The van der Waals surface area contributed by atoms with Gasteiger partial charge >= 0.3 is 68.5 Å². The molecule has 87 valence electrons. The zero-order valence-electron chi connectivity index (χ0n) is 6.11. The quantitative estimate of drug-likeness (QED) is 0.184. The first-order valence-corrected chi connectivity index (χ1v) is 9.32. The van der Waals surface area contributed by atoms with E-state index in [4.69, 9.17) is 30.9 Å². The molecular formula is CuI3KO9. The van der Waals surface area contributed by atoms with Crippen molar-refractivity contribution in [2.45, 2.75) is 0 Å². The molecule has 0 bridgehead atoms. The summed E-state index contributed by atoms with van der Waals surface area (Å²) in [6.45, 7) is 0. The molecule has 9 nitrogen and oxygen atoms in total. The molecule has 0 aliphatic heterocycles. The van der Waals surface area contributed by atoms with Gasteiger partial charge in [0, 0.05) is 0 Å². The first-order valence-electron chi connectivity index (χ1n) is 1.39. The molecule has 14 heteroatoms. The van der Waals surface area contributed by atoms with Gasteiger partial charge in [-0.05, 0) is 0 Å². The van der Waals surface area contributed by atoms with Gasteiger partial charge in [0.2, 0.25) is 0 Å². The van der Waals surface area contributed by atoms with E-state index >= 15 is 0 Å². The van der Waals surface area contributed by atoms with E-state index in [0.29, 0.717) is 0 Å². The van der Waals surface area contributed by atoms with E-state index in [1.54, 1.807) is 0 Å². The fraction of sp³-hybridized carbons (Fsp3) is 0. The number of hydrogen-bond donors (Lipinski definition) is 0. The Hall–Kier alpha value is 3.99.